The normalized spacial score (nSPS) is 13.8. The summed E-state index contributed by atoms with van der Waals surface area (Å²) in [6.07, 6.45) is 2.74. The molecule has 5 heteroatoms. The summed E-state index contributed by atoms with van der Waals surface area (Å²) in [6.45, 7) is 2.87. The largest absolute Gasteiger partial charge is 0.395 e. The molecule has 1 aliphatic rings. The highest BCUT2D eigenvalue weighted by Crippen LogP contribution is 2.30. The Morgan fingerprint density at radius 1 is 1.33 bits per heavy atom. The summed E-state index contributed by atoms with van der Waals surface area (Å²) in [7, 11) is 0. The maximum Gasteiger partial charge on any atom is 0.254 e. The lowest BCUT2D eigenvalue weighted by Gasteiger charge is -2.21. The Kier molecular flexibility index (Phi) is 5.33. The number of amides is 2. The van der Waals surface area contributed by atoms with Crippen LogP contribution < -0.4 is 5.32 Å². The number of nitrogens with zero attached hydrogens (tertiary/aromatic N) is 1. The number of benzene rings is 1. The van der Waals surface area contributed by atoms with Crippen LogP contribution in [0.15, 0.2) is 24.3 Å². The fourth-order valence-corrected chi connectivity index (χ4v) is 2.21. The Bertz CT molecular complexity index is 506. The van der Waals surface area contributed by atoms with Crippen LogP contribution in [-0.2, 0) is 4.79 Å². The third-order valence-electron chi connectivity index (χ3n) is 3.48. The molecule has 1 aromatic rings. The van der Waals surface area contributed by atoms with Crippen LogP contribution in [0.5, 0.6) is 0 Å². The number of hydrogen-bond acceptors (Lipinski definition) is 3. The monoisotopic (exact) mass is 290 g/mol. The molecule has 0 bridgehead atoms. The van der Waals surface area contributed by atoms with E-state index in [2.05, 4.69) is 5.32 Å². The molecule has 1 fully saturated rings. The summed E-state index contributed by atoms with van der Waals surface area (Å²) in [5.41, 5.74) is 1.18. The highest BCUT2D eigenvalue weighted by atomic mass is 16.3. The van der Waals surface area contributed by atoms with Gasteiger partial charge in [0.1, 0.15) is 0 Å². The predicted molar refractivity (Wildman–Crippen MR) is 81.1 cm³/mol. The molecule has 1 saturated carbocycles. The molecule has 21 heavy (non-hydrogen) atoms. The third-order valence-corrected chi connectivity index (χ3v) is 3.48. The summed E-state index contributed by atoms with van der Waals surface area (Å²) < 4.78 is 0. The van der Waals surface area contributed by atoms with Gasteiger partial charge in [-0.1, -0.05) is 13.0 Å². The van der Waals surface area contributed by atoms with Gasteiger partial charge in [-0.2, -0.15) is 0 Å². The first-order chi connectivity index (χ1) is 10.2. The van der Waals surface area contributed by atoms with E-state index in [1.54, 1.807) is 29.2 Å². The molecule has 0 aromatic heterocycles. The van der Waals surface area contributed by atoms with Crippen LogP contribution in [0.1, 0.15) is 36.5 Å². The van der Waals surface area contributed by atoms with E-state index in [-0.39, 0.29) is 24.3 Å². The van der Waals surface area contributed by atoms with Gasteiger partial charge in [-0.25, -0.2) is 0 Å². The topological polar surface area (TPSA) is 69.6 Å². The summed E-state index contributed by atoms with van der Waals surface area (Å²) in [5, 5.41) is 11.9. The van der Waals surface area contributed by atoms with Gasteiger partial charge in [-0.05, 0) is 37.5 Å². The minimum Gasteiger partial charge on any atom is -0.395 e. The molecule has 0 heterocycles. The molecule has 2 rings (SSSR count). The second kappa shape index (κ2) is 7.22. The maximum atomic E-state index is 12.4. The number of aliphatic hydroxyl groups excluding tert-OH is 1. The van der Waals surface area contributed by atoms with Crippen LogP contribution in [0, 0.1) is 5.92 Å². The number of carbonyl (C=O) groups excluding carboxylic acids is 2. The fourth-order valence-electron chi connectivity index (χ4n) is 2.21. The van der Waals surface area contributed by atoms with Gasteiger partial charge >= 0.3 is 0 Å². The zero-order valence-corrected chi connectivity index (χ0v) is 12.3. The average Bonchev–Trinajstić information content (AvgIpc) is 3.31. The molecule has 114 valence electrons. The van der Waals surface area contributed by atoms with Gasteiger partial charge in [0.15, 0.2) is 0 Å². The lowest BCUT2D eigenvalue weighted by atomic mass is 10.1. The van der Waals surface area contributed by atoms with Crippen LogP contribution in [0.4, 0.5) is 5.69 Å². The standard InChI is InChI=1S/C16H22N2O3/c1-2-8-18(9-10-19)16(21)13-4-3-5-14(11-13)17-15(20)12-6-7-12/h3-5,11-12,19H,2,6-10H2,1H3,(H,17,20). The van der Waals surface area contributed by atoms with Gasteiger partial charge < -0.3 is 15.3 Å². The molecule has 0 spiro atoms. The molecule has 1 aliphatic carbocycles. The van der Waals surface area contributed by atoms with Crippen molar-refractivity contribution in [1.29, 1.82) is 0 Å². The molecule has 1 aromatic carbocycles. The van der Waals surface area contributed by atoms with Crippen LogP contribution in [0.2, 0.25) is 0 Å². The molecule has 2 N–H and O–H groups in total. The molecular weight excluding hydrogens is 268 g/mol. The van der Waals surface area contributed by atoms with Crippen LogP contribution in [0.3, 0.4) is 0 Å². The van der Waals surface area contributed by atoms with Gasteiger partial charge in [-0.15, -0.1) is 0 Å². The molecule has 0 saturated heterocycles. The zero-order valence-electron chi connectivity index (χ0n) is 12.3. The Morgan fingerprint density at radius 3 is 2.71 bits per heavy atom. The minimum absolute atomic E-state index is 0.0281. The van der Waals surface area contributed by atoms with E-state index < -0.39 is 0 Å². The third kappa shape index (κ3) is 4.29. The molecule has 0 radical (unpaired) electrons. The summed E-state index contributed by atoms with van der Waals surface area (Å²) in [4.78, 5) is 25.8. The van der Waals surface area contributed by atoms with Gasteiger partial charge in [0, 0.05) is 30.3 Å². The van der Waals surface area contributed by atoms with Gasteiger partial charge in [0.05, 0.1) is 6.61 Å². The van der Waals surface area contributed by atoms with E-state index >= 15 is 0 Å². The molecular formula is C16H22N2O3. The SMILES string of the molecule is CCCN(CCO)C(=O)c1cccc(NC(=O)C2CC2)c1. The van der Waals surface area contributed by atoms with Crippen molar-refractivity contribution in [3.8, 4) is 0 Å². The van der Waals surface area contributed by atoms with Crippen molar-refractivity contribution in [2.75, 3.05) is 25.0 Å². The van der Waals surface area contributed by atoms with E-state index in [4.69, 9.17) is 5.11 Å². The van der Waals surface area contributed by atoms with Crippen LogP contribution in [-0.4, -0.2) is 41.5 Å². The Labute approximate surface area is 125 Å². The quantitative estimate of drug-likeness (QED) is 0.805. The highest BCUT2D eigenvalue weighted by Gasteiger charge is 2.29. The van der Waals surface area contributed by atoms with Crippen molar-refractivity contribution in [3.63, 3.8) is 0 Å². The number of nitrogens with one attached hydrogen (secondary N) is 1. The van der Waals surface area contributed by atoms with Gasteiger partial charge in [0.25, 0.3) is 5.91 Å². The second-order valence-corrected chi connectivity index (χ2v) is 5.36. The van der Waals surface area contributed by atoms with Gasteiger partial charge in [-0.3, -0.25) is 9.59 Å². The highest BCUT2D eigenvalue weighted by molar-refractivity contribution is 5.98. The fraction of sp³-hybridized carbons (Fsp3) is 0.500. The number of rotatable bonds is 7. The molecule has 5 nitrogen and oxygen atoms in total. The molecule has 2 amide bonds. The van der Waals surface area contributed by atoms with Crippen molar-refractivity contribution in [3.05, 3.63) is 29.8 Å². The van der Waals surface area contributed by atoms with E-state index in [0.717, 1.165) is 19.3 Å². The molecule has 0 unspecified atom stereocenters. The Balaban J connectivity index is 2.07. The minimum atomic E-state index is -0.117. The van der Waals surface area contributed by atoms with E-state index in [9.17, 15) is 9.59 Å². The van der Waals surface area contributed by atoms with Crippen molar-refractivity contribution in [2.24, 2.45) is 5.92 Å². The predicted octanol–water partition coefficient (Wildman–Crippen LogP) is 1.88. The number of carbonyl (C=O) groups is 2. The van der Waals surface area contributed by atoms with Crippen molar-refractivity contribution >= 4 is 17.5 Å². The summed E-state index contributed by atoms with van der Waals surface area (Å²) in [5.74, 6) is 0.0455. The Morgan fingerprint density at radius 2 is 2.10 bits per heavy atom. The average molecular weight is 290 g/mol. The lowest BCUT2D eigenvalue weighted by molar-refractivity contribution is -0.117. The number of anilines is 1. The van der Waals surface area contributed by atoms with E-state index in [0.29, 0.717) is 24.3 Å². The smallest absolute Gasteiger partial charge is 0.254 e. The first kappa shape index (κ1) is 15.5. The second-order valence-electron chi connectivity index (χ2n) is 5.36. The van der Waals surface area contributed by atoms with Crippen LogP contribution in [0.25, 0.3) is 0 Å². The number of hydrogen-bond donors (Lipinski definition) is 2. The van der Waals surface area contributed by atoms with Crippen molar-refractivity contribution in [2.45, 2.75) is 26.2 Å². The summed E-state index contributed by atoms with van der Waals surface area (Å²) in [6, 6.07) is 6.98. The van der Waals surface area contributed by atoms with Crippen molar-refractivity contribution < 1.29 is 14.7 Å². The summed E-state index contributed by atoms with van der Waals surface area (Å²) >= 11 is 0. The maximum absolute atomic E-state index is 12.4. The first-order valence-corrected chi connectivity index (χ1v) is 7.46. The first-order valence-electron chi connectivity index (χ1n) is 7.46. The van der Waals surface area contributed by atoms with E-state index in [1.807, 2.05) is 6.92 Å². The van der Waals surface area contributed by atoms with Crippen molar-refractivity contribution in [1.82, 2.24) is 4.90 Å². The van der Waals surface area contributed by atoms with E-state index in [1.165, 1.54) is 0 Å². The Hall–Kier alpha value is -1.88. The van der Waals surface area contributed by atoms with Gasteiger partial charge in [0.2, 0.25) is 5.91 Å². The lowest BCUT2D eigenvalue weighted by Crippen LogP contribution is -2.34. The molecule has 0 aliphatic heterocycles. The van der Waals surface area contributed by atoms with Crippen LogP contribution >= 0.6 is 0 Å². The zero-order chi connectivity index (χ0) is 15.2. The number of aliphatic hydroxyl groups is 1. The molecule has 0 atom stereocenters.